The van der Waals surface area contributed by atoms with Crippen molar-refractivity contribution in [2.24, 2.45) is 5.92 Å². The molecule has 0 radical (unpaired) electrons. The largest absolute Gasteiger partial charge is 0.304 e. The van der Waals surface area contributed by atoms with Crippen LogP contribution in [-0.4, -0.2) is 24.6 Å². The lowest BCUT2D eigenvalue weighted by molar-refractivity contribution is -0.137. The van der Waals surface area contributed by atoms with Crippen LogP contribution in [0, 0.1) is 5.92 Å². The van der Waals surface area contributed by atoms with E-state index in [0.29, 0.717) is 0 Å². The highest BCUT2D eigenvalue weighted by molar-refractivity contribution is 5.71. The van der Waals surface area contributed by atoms with Crippen molar-refractivity contribution in [2.75, 3.05) is 0 Å². The zero-order valence-electron chi connectivity index (χ0n) is 6.14. The first kappa shape index (κ1) is 9.48. The number of rotatable bonds is 1. The maximum atomic E-state index is 12.5. The fraction of sp³-hybridized carbons (Fsp3) is 0.857. The molecule has 70 valence electrons. The third kappa shape index (κ3) is 1.76. The van der Waals surface area contributed by atoms with Crippen molar-refractivity contribution in [2.45, 2.75) is 31.4 Å². The summed E-state index contributed by atoms with van der Waals surface area (Å²) in [5.74, 6) is -1.30. The van der Waals surface area contributed by atoms with Gasteiger partial charge in [-0.25, -0.2) is 13.2 Å². The van der Waals surface area contributed by atoms with Gasteiger partial charge in [0.05, 0.1) is 5.92 Å². The summed E-state index contributed by atoms with van der Waals surface area (Å²) in [4.78, 5) is 10.1. The monoisotopic (exact) mass is 184 g/mol. The molecule has 0 aromatic heterocycles. The van der Waals surface area contributed by atoms with Gasteiger partial charge in [-0.1, -0.05) is 0 Å². The van der Waals surface area contributed by atoms with Gasteiger partial charge in [-0.05, 0) is 12.8 Å². The molecule has 0 saturated heterocycles. The van der Waals surface area contributed by atoms with Crippen LogP contribution in [0.5, 0.6) is 0 Å². The number of hydrogen-bond donors (Lipinski definition) is 0. The van der Waals surface area contributed by atoms with Crippen molar-refractivity contribution in [3.8, 4) is 0 Å². The van der Waals surface area contributed by atoms with Crippen LogP contribution in [0.25, 0.3) is 0 Å². The molecule has 5 heteroatoms. The van der Waals surface area contributed by atoms with Crippen molar-refractivity contribution in [1.82, 2.24) is 0 Å². The van der Waals surface area contributed by atoms with E-state index in [0.717, 1.165) is 0 Å². The van der Waals surface area contributed by atoms with E-state index in [4.69, 9.17) is 0 Å². The summed E-state index contributed by atoms with van der Waals surface area (Å²) in [6, 6.07) is -1.76. The van der Waals surface area contributed by atoms with E-state index in [9.17, 15) is 22.4 Å². The van der Waals surface area contributed by atoms with Gasteiger partial charge in [-0.15, -0.1) is 0 Å². The van der Waals surface area contributed by atoms with E-state index in [2.05, 4.69) is 0 Å². The Kier molecular flexibility index (Phi) is 2.69. The molecule has 0 spiro atoms. The predicted octanol–water partition coefficient (Wildman–Crippen LogP) is 1.91. The van der Waals surface area contributed by atoms with Gasteiger partial charge >= 0.3 is 6.04 Å². The molecular weight excluding hydrogens is 176 g/mol. The summed E-state index contributed by atoms with van der Waals surface area (Å²) in [6.07, 6.45) is -7.41. The maximum Gasteiger partial charge on any atom is 0.304 e. The van der Waals surface area contributed by atoms with Gasteiger partial charge in [0, 0.05) is 0 Å². The SMILES string of the molecule is O=C(F)C1CC(F)C(F)C(F)C1. The van der Waals surface area contributed by atoms with E-state index >= 15 is 0 Å². The Bertz CT molecular complexity index is 172. The standard InChI is InChI=1S/C7H8F4O/c8-4-1-3(7(11)12)2-5(9)6(4)10/h3-6H,1-2H2. The van der Waals surface area contributed by atoms with Crippen molar-refractivity contribution >= 4 is 6.04 Å². The molecule has 1 fully saturated rings. The van der Waals surface area contributed by atoms with Crippen molar-refractivity contribution in [1.29, 1.82) is 0 Å². The molecule has 0 aliphatic heterocycles. The normalized spacial score (nSPS) is 42.7. The molecule has 0 aromatic carbocycles. The van der Waals surface area contributed by atoms with Gasteiger partial charge in [-0.2, -0.15) is 4.39 Å². The Balaban J connectivity index is 2.59. The van der Waals surface area contributed by atoms with Gasteiger partial charge < -0.3 is 0 Å². The second-order valence-electron chi connectivity index (χ2n) is 2.95. The van der Waals surface area contributed by atoms with Crippen LogP contribution in [0.3, 0.4) is 0 Å². The van der Waals surface area contributed by atoms with Gasteiger partial charge in [0.15, 0.2) is 6.17 Å². The molecule has 12 heavy (non-hydrogen) atoms. The number of alkyl halides is 3. The third-order valence-corrected chi connectivity index (χ3v) is 2.03. The second kappa shape index (κ2) is 3.41. The Morgan fingerprint density at radius 3 is 1.83 bits per heavy atom. The quantitative estimate of drug-likeness (QED) is 0.449. The maximum absolute atomic E-state index is 12.5. The van der Waals surface area contributed by atoms with Crippen LogP contribution in [0.4, 0.5) is 17.6 Å². The van der Waals surface area contributed by atoms with E-state index in [-0.39, 0.29) is 0 Å². The Hall–Kier alpha value is -0.610. The van der Waals surface area contributed by atoms with Gasteiger partial charge in [0.2, 0.25) is 0 Å². The van der Waals surface area contributed by atoms with Crippen LogP contribution in [0.15, 0.2) is 0 Å². The second-order valence-corrected chi connectivity index (χ2v) is 2.95. The van der Waals surface area contributed by atoms with Gasteiger partial charge in [0.25, 0.3) is 0 Å². The zero-order chi connectivity index (χ0) is 9.30. The summed E-state index contributed by atoms with van der Waals surface area (Å²) in [6.45, 7) is 0. The molecule has 0 aromatic rings. The van der Waals surface area contributed by atoms with Crippen LogP contribution in [0.1, 0.15) is 12.8 Å². The lowest BCUT2D eigenvalue weighted by atomic mass is 9.86. The highest BCUT2D eigenvalue weighted by atomic mass is 19.2. The Labute approximate surface area is 66.7 Å². The molecule has 1 saturated carbocycles. The number of hydrogen-bond acceptors (Lipinski definition) is 1. The Morgan fingerprint density at radius 2 is 1.50 bits per heavy atom. The summed E-state index contributed by atoms with van der Waals surface area (Å²) in [5, 5.41) is 0. The van der Waals surface area contributed by atoms with E-state index in [1.807, 2.05) is 0 Å². The average Bonchev–Trinajstić information content (AvgIpc) is 1.99. The van der Waals surface area contributed by atoms with Gasteiger partial charge in [0.1, 0.15) is 12.3 Å². The fourth-order valence-corrected chi connectivity index (χ4v) is 1.31. The predicted molar refractivity (Wildman–Crippen MR) is 33.5 cm³/mol. The third-order valence-electron chi connectivity index (χ3n) is 2.03. The summed E-state index contributed by atoms with van der Waals surface area (Å²) in [5.41, 5.74) is 0. The van der Waals surface area contributed by atoms with E-state index in [1.54, 1.807) is 0 Å². The van der Waals surface area contributed by atoms with Crippen LogP contribution in [0.2, 0.25) is 0 Å². The van der Waals surface area contributed by atoms with Gasteiger partial charge in [-0.3, -0.25) is 4.79 Å². The average molecular weight is 184 g/mol. The molecule has 2 unspecified atom stereocenters. The highest BCUT2D eigenvalue weighted by Gasteiger charge is 2.41. The topological polar surface area (TPSA) is 17.1 Å². The van der Waals surface area contributed by atoms with Crippen molar-refractivity contribution in [3.63, 3.8) is 0 Å². The highest BCUT2D eigenvalue weighted by Crippen LogP contribution is 2.31. The first-order valence-corrected chi connectivity index (χ1v) is 3.64. The molecule has 1 nitrogen and oxygen atoms in total. The summed E-state index contributed by atoms with van der Waals surface area (Å²) >= 11 is 0. The Morgan fingerprint density at radius 1 is 1.08 bits per heavy atom. The lowest BCUT2D eigenvalue weighted by Gasteiger charge is -2.27. The minimum atomic E-state index is -2.21. The molecule has 1 aliphatic carbocycles. The molecule has 1 aliphatic rings. The molecule has 1 rings (SSSR count). The first-order valence-electron chi connectivity index (χ1n) is 3.64. The molecule has 0 bridgehead atoms. The number of carbonyl (C=O) groups is 1. The van der Waals surface area contributed by atoms with E-state index in [1.165, 1.54) is 0 Å². The minimum Gasteiger partial charge on any atom is -0.261 e. The number of carbonyl (C=O) groups excluding carboxylic acids is 1. The fourth-order valence-electron chi connectivity index (χ4n) is 1.31. The molecule has 2 atom stereocenters. The van der Waals surface area contributed by atoms with Crippen LogP contribution >= 0.6 is 0 Å². The van der Waals surface area contributed by atoms with Crippen LogP contribution in [-0.2, 0) is 4.79 Å². The molecule has 0 amide bonds. The smallest absolute Gasteiger partial charge is 0.261 e. The minimum absolute atomic E-state index is 0.545. The number of halogens is 4. The van der Waals surface area contributed by atoms with Crippen LogP contribution < -0.4 is 0 Å². The first-order chi connectivity index (χ1) is 5.52. The summed E-state index contributed by atoms with van der Waals surface area (Å²) in [7, 11) is 0. The summed E-state index contributed by atoms with van der Waals surface area (Å²) < 4.78 is 49.4. The van der Waals surface area contributed by atoms with Crippen molar-refractivity contribution in [3.05, 3.63) is 0 Å². The molecule has 0 heterocycles. The molecular formula is C7H8F4O. The zero-order valence-corrected chi connectivity index (χ0v) is 6.14. The lowest BCUT2D eigenvalue weighted by Crippen LogP contribution is -2.38. The van der Waals surface area contributed by atoms with Crippen molar-refractivity contribution < 1.29 is 22.4 Å². The molecule has 0 N–H and O–H groups in total. The van der Waals surface area contributed by atoms with E-state index < -0.39 is 43.3 Å².